The van der Waals surface area contributed by atoms with Gasteiger partial charge in [0.05, 0.1) is 20.9 Å². The van der Waals surface area contributed by atoms with Crippen molar-refractivity contribution in [2.24, 2.45) is 0 Å². The predicted octanol–water partition coefficient (Wildman–Crippen LogP) is 3.43. The molecule has 1 fully saturated rings. The second kappa shape index (κ2) is 10.6. The average molecular weight is 499 g/mol. The molecule has 9 heteroatoms. The summed E-state index contributed by atoms with van der Waals surface area (Å²) < 4.78 is 20.2. The number of benzene rings is 2. The van der Waals surface area contributed by atoms with Crippen LogP contribution in [0.25, 0.3) is 15.9 Å². The molecule has 0 aliphatic carbocycles. The van der Waals surface area contributed by atoms with E-state index in [1.165, 1.54) is 12.1 Å². The van der Waals surface area contributed by atoms with Crippen molar-refractivity contribution in [3.63, 3.8) is 0 Å². The molecule has 7 nitrogen and oxygen atoms in total. The van der Waals surface area contributed by atoms with Crippen LogP contribution in [0.5, 0.6) is 5.75 Å². The molecular formula is C26H31FN4O3S. The van der Waals surface area contributed by atoms with Gasteiger partial charge in [-0.2, -0.15) is 0 Å². The third-order valence-electron chi connectivity index (χ3n) is 6.47. The van der Waals surface area contributed by atoms with Crippen molar-refractivity contribution in [2.45, 2.75) is 32.1 Å². The monoisotopic (exact) mass is 498 g/mol. The second-order valence-corrected chi connectivity index (χ2v) is 10.5. The number of piperazine rings is 1. The van der Waals surface area contributed by atoms with Gasteiger partial charge in [0.25, 0.3) is 0 Å². The van der Waals surface area contributed by atoms with Crippen molar-refractivity contribution in [1.82, 2.24) is 20.3 Å². The lowest BCUT2D eigenvalue weighted by molar-refractivity contribution is -0.00741. The molecule has 3 aromatic rings. The first-order chi connectivity index (χ1) is 16.9. The normalized spacial score (nSPS) is 22.2. The highest BCUT2D eigenvalue weighted by Crippen LogP contribution is 2.26. The molecule has 0 unspecified atom stereocenters. The van der Waals surface area contributed by atoms with Crippen LogP contribution in [0, 0.1) is 12.7 Å². The zero-order valence-corrected chi connectivity index (χ0v) is 20.8. The number of hydroxylamine groups is 1. The number of aliphatic hydroxyl groups is 1. The molecule has 0 saturated carbocycles. The minimum Gasteiger partial charge on any atom is -0.491 e. The fourth-order valence-corrected chi connectivity index (χ4v) is 5.47. The van der Waals surface area contributed by atoms with Crippen LogP contribution in [0.3, 0.4) is 0 Å². The topological polar surface area (TPSA) is 70.1 Å². The van der Waals surface area contributed by atoms with E-state index in [4.69, 9.17) is 9.57 Å². The van der Waals surface area contributed by atoms with Crippen molar-refractivity contribution in [3.05, 3.63) is 64.9 Å². The van der Waals surface area contributed by atoms with Crippen LogP contribution in [-0.2, 0) is 4.84 Å². The summed E-state index contributed by atoms with van der Waals surface area (Å²) in [6, 6.07) is 12.6. The second-order valence-electron chi connectivity index (χ2n) is 9.28. The summed E-state index contributed by atoms with van der Waals surface area (Å²) in [5, 5.41) is 11.6. The highest BCUT2D eigenvalue weighted by molar-refractivity contribution is 7.18. The van der Waals surface area contributed by atoms with E-state index >= 15 is 0 Å². The van der Waals surface area contributed by atoms with Gasteiger partial charge in [0.1, 0.15) is 30.4 Å². The van der Waals surface area contributed by atoms with Crippen LogP contribution in [0.15, 0.2) is 48.5 Å². The number of hydrogen-bond donors (Lipinski definition) is 2. The van der Waals surface area contributed by atoms with Crippen molar-refractivity contribution < 1.29 is 19.1 Å². The highest BCUT2D eigenvalue weighted by atomic mass is 32.1. The maximum Gasteiger partial charge on any atom is 0.123 e. The fraction of sp³-hybridized carbons (Fsp3) is 0.423. The number of halogens is 1. The Kier molecular flexibility index (Phi) is 7.31. The molecule has 1 saturated heterocycles. The molecule has 2 N–H and O–H groups in total. The fourth-order valence-electron chi connectivity index (χ4n) is 4.66. The standard InChI is InChI=1S/C26H31FN4O3S/c1-17-13-30(15-23-12-24(29-34-23)19-3-5-20(27)6-4-19)9-10-31(17)14-21(32)16-33-22-7-8-26-25(11-22)28-18(2)35-26/h3-8,11-12,17,21,23,29,32H,9-10,13-16H2,1-2H3/t17-,21+,23+/m0/s1. The zero-order valence-electron chi connectivity index (χ0n) is 20.0. The molecule has 5 rings (SSSR count). The Morgan fingerprint density at radius 1 is 1.26 bits per heavy atom. The number of aromatic nitrogens is 1. The van der Waals surface area contributed by atoms with E-state index in [1.807, 2.05) is 25.1 Å². The quantitative estimate of drug-likeness (QED) is 0.493. The number of aliphatic hydroxyl groups excluding tert-OH is 1. The summed E-state index contributed by atoms with van der Waals surface area (Å²) in [5.74, 6) is 0.485. The van der Waals surface area contributed by atoms with Crippen LogP contribution in [0.2, 0.25) is 0 Å². The lowest BCUT2D eigenvalue weighted by atomic mass is 10.1. The number of fused-ring (bicyclic) bond motifs is 1. The summed E-state index contributed by atoms with van der Waals surface area (Å²) in [6.45, 7) is 8.45. The van der Waals surface area contributed by atoms with E-state index in [0.717, 1.165) is 58.4 Å². The molecule has 0 spiro atoms. The van der Waals surface area contributed by atoms with Gasteiger partial charge >= 0.3 is 0 Å². The number of nitrogens with zero attached hydrogens (tertiary/aromatic N) is 3. The first kappa shape index (κ1) is 24.1. The summed E-state index contributed by atoms with van der Waals surface area (Å²) in [6.07, 6.45) is 1.42. The van der Waals surface area contributed by atoms with Crippen molar-refractivity contribution in [3.8, 4) is 5.75 Å². The molecular weight excluding hydrogens is 467 g/mol. The van der Waals surface area contributed by atoms with Crippen LogP contribution in [0.4, 0.5) is 4.39 Å². The van der Waals surface area contributed by atoms with Crippen LogP contribution in [0.1, 0.15) is 17.5 Å². The summed E-state index contributed by atoms with van der Waals surface area (Å²) in [7, 11) is 0. The molecule has 0 bridgehead atoms. The molecule has 0 amide bonds. The number of hydrogen-bond acceptors (Lipinski definition) is 8. The van der Waals surface area contributed by atoms with Gasteiger partial charge in [-0.15, -0.1) is 11.3 Å². The van der Waals surface area contributed by atoms with Gasteiger partial charge < -0.3 is 9.84 Å². The van der Waals surface area contributed by atoms with Crippen LogP contribution in [-0.4, -0.2) is 77.5 Å². The maximum atomic E-state index is 13.2. The van der Waals surface area contributed by atoms with E-state index in [0.29, 0.717) is 12.6 Å². The summed E-state index contributed by atoms with van der Waals surface area (Å²) in [5.41, 5.74) is 5.68. The van der Waals surface area contributed by atoms with E-state index in [-0.39, 0.29) is 18.5 Å². The predicted molar refractivity (Wildman–Crippen MR) is 136 cm³/mol. The molecule has 2 aliphatic rings. The molecule has 3 atom stereocenters. The molecule has 1 aromatic heterocycles. The first-order valence-corrected chi connectivity index (χ1v) is 12.8. The Morgan fingerprint density at radius 3 is 2.89 bits per heavy atom. The third-order valence-corrected chi connectivity index (χ3v) is 7.42. The lowest BCUT2D eigenvalue weighted by Crippen LogP contribution is -2.55. The Bertz CT molecular complexity index is 1190. The van der Waals surface area contributed by atoms with Gasteiger partial charge in [0.2, 0.25) is 0 Å². The van der Waals surface area contributed by atoms with E-state index < -0.39 is 6.10 Å². The van der Waals surface area contributed by atoms with E-state index in [9.17, 15) is 9.50 Å². The number of β-amino-alcohol motifs (C(OH)–C–C–N with tert-alkyl or cyclic N) is 1. The van der Waals surface area contributed by atoms with Crippen LogP contribution >= 0.6 is 11.3 Å². The molecule has 2 aliphatic heterocycles. The molecule has 2 aromatic carbocycles. The third kappa shape index (κ3) is 5.99. The summed E-state index contributed by atoms with van der Waals surface area (Å²) in [4.78, 5) is 14.9. The van der Waals surface area contributed by atoms with Crippen molar-refractivity contribution in [1.29, 1.82) is 0 Å². The Morgan fingerprint density at radius 2 is 2.09 bits per heavy atom. The van der Waals surface area contributed by atoms with Crippen molar-refractivity contribution in [2.75, 3.05) is 39.3 Å². The number of nitrogens with one attached hydrogen (secondary N) is 1. The minimum atomic E-state index is -0.569. The Labute approximate surface area is 208 Å². The van der Waals surface area contributed by atoms with Crippen molar-refractivity contribution >= 4 is 27.3 Å². The van der Waals surface area contributed by atoms with Crippen LogP contribution < -0.4 is 10.2 Å². The maximum absolute atomic E-state index is 13.2. The molecule has 35 heavy (non-hydrogen) atoms. The number of rotatable bonds is 8. The number of ether oxygens (including phenoxy) is 1. The van der Waals surface area contributed by atoms with E-state index in [2.05, 4.69) is 33.3 Å². The lowest BCUT2D eigenvalue weighted by Gasteiger charge is -2.41. The summed E-state index contributed by atoms with van der Waals surface area (Å²) >= 11 is 1.66. The van der Waals surface area contributed by atoms with Gasteiger partial charge in [-0.05, 0) is 61.9 Å². The minimum absolute atomic E-state index is 0.0633. The highest BCUT2D eigenvalue weighted by Gasteiger charge is 2.28. The first-order valence-electron chi connectivity index (χ1n) is 12.0. The zero-order chi connectivity index (χ0) is 24.4. The van der Waals surface area contributed by atoms with Gasteiger partial charge in [-0.3, -0.25) is 20.1 Å². The average Bonchev–Trinajstić information content (AvgIpc) is 3.45. The molecule has 0 radical (unpaired) electrons. The Balaban J connectivity index is 1.07. The largest absolute Gasteiger partial charge is 0.491 e. The molecule has 3 heterocycles. The SMILES string of the molecule is Cc1nc2cc(OC[C@H](O)CN3CCN(C[C@H]4C=C(c5ccc(F)cc5)NO4)C[C@@H]3C)ccc2s1. The number of thiazole rings is 1. The van der Waals surface area contributed by atoms with Gasteiger partial charge in [0, 0.05) is 44.8 Å². The van der Waals surface area contributed by atoms with Gasteiger partial charge in [-0.25, -0.2) is 9.37 Å². The Hall–Kier alpha value is -2.56. The van der Waals surface area contributed by atoms with Gasteiger partial charge in [0.15, 0.2) is 0 Å². The van der Waals surface area contributed by atoms with E-state index in [1.54, 1.807) is 23.5 Å². The molecule has 186 valence electrons. The smallest absolute Gasteiger partial charge is 0.123 e. The number of aryl methyl sites for hydroxylation is 1. The van der Waals surface area contributed by atoms with Gasteiger partial charge in [-0.1, -0.05) is 0 Å².